The number of aromatic nitrogens is 1. The quantitative estimate of drug-likeness (QED) is 0.791. The van der Waals surface area contributed by atoms with E-state index in [1.165, 1.54) is 18.3 Å². The van der Waals surface area contributed by atoms with E-state index in [1.54, 1.807) is 25.3 Å². The lowest BCUT2D eigenvalue weighted by molar-refractivity contribution is 0.294. The molecule has 1 aromatic carbocycles. The normalized spacial score (nSPS) is 9.74. The van der Waals surface area contributed by atoms with Crippen molar-refractivity contribution in [2.45, 2.75) is 6.61 Å². The average molecular weight is 258 g/mol. The van der Waals surface area contributed by atoms with Crippen LogP contribution in [0.1, 0.15) is 11.1 Å². The monoisotopic (exact) mass is 258 g/mol. The molecule has 2 aromatic rings. The molecule has 2 rings (SSSR count). The summed E-state index contributed by atoms with van der Waals surface area (Å²) in [6.07, 6.45) is 1.30. The predicted octanol–water partition coefficient (Wildman–Crippen LogP) is 2.68. The van der Waals surface area contributed by atoms with Crippen LogP contribution in [0.25, 0.3) is 0 Å². The van der Waals surface area contributed by atoms with E-state index in [0.717, 1.165) is 5.56 Å². The predicted molar refractivity (Wildman–Crippen MR) is 66.2 cm³/mol. The van der Waals surface area contributed by atoms with Gasteiger partial charge in [-0.3, -0.25) is 0 Å². The van der Waals surface area contributed by atoms with Crippen molar-refractivity contribution in [3.63, 3.8) is 0 Å². The minimum absolute atomic E-state index is 0.214. The van der Waals surface area contributed by atoms with Gasteiger partial charge in [-0.2, -0.15) is 9.65 Å². The van der Waals surface area contributed by atoms with Gasteiger partial charge in [-0.1, -0.05) is 0 Å². The number of ether oxygens (including phenoxy) is 2. The van der Waals surface area contributed by atoms with E-state index in [2.05, 4.69) is 11.1 Å². The van der Waals surface area contributed by atoms with Crippen molar-refractivity contribution in [2.75, 3.05) is 7.11 Å². The number of methoxy groups -OCH3 is 1. The number of rotatable bonds is 4. The van der Waals surface area contributed by atoms with E-state index in [-0.39, 0.29) is 6.61 Å². The Labute approximate surface area is 110 Å². The summed E-state index contributed by atoms with van der Waals surface area (Å²) in [5, 5.41) is 8.86. The molecule has 4 nitrogen and oxygen atoms in total. The summed E-state index contributed by atoms with van der Waals surface area (Å²) in [5.41, 5.74) is 1.27. The number of hydrogen-bond acceptors (Lipinski definition) is 4. The van der Waals surface area contributed by atoms with Crippen LogP contribution in [0.15, 0.2) is 36.5 Å². The van der Waals surface area contributed by atoms with Gasteiger partial charge in [0.15, 0.2) is 0 Å². The van der Waals surface area contributed by atoms with Gasteiger partial charge in [-0.15, -0.1) is 0 Å². The maximum Gasteiger partial charge on any atom is 0.213 e. The second-order valence-electron chi connectivity index (χ2n) is 3.74. The van der Waals surface area contributed by atoms with Crippen LogP contribution in [0.3, 0.4) is 0 Å². The van der Waals surface area contributed by atoms with E-state index < -0.39 is 5.95 Å². The SMILES string of the molecule is COc1ccc(C#N)cc1COc1ccc(F)nc1. The van der Waals surface area contributed by atoms with Gasteiger partial charge in [0.25, 0.3) is 0 Å². The van der Waals surface area contributed by atoms with Crippen LogP contribution in [-0.4, -0.2) is 12.1 Å². The Morgan fingerprint density at radius 3 is 2.79 bits per heavy atom. The number of pyridine rings is 1. The summed E-state index contributed by atoms with van der Waals surface area (Å²) in [7, 11) is 1.55. The smallest absolute Gasteiger partial charge is 0.213 e. The van der Waals surface area contributed by atoms with E-state index in [4.69, 9.17) is 14.7 Å². The molecule has 0 N–H and O–H groups in total. The van der Waals surface area contributed by atoms with Crippen molar-refractivity contribution >= 4 is 0 Å². The summed E-state index contributed by atoms with van der Waals surface area (Å²) >= 11 is 0. The highest BCUT2D eigenvalue weighted by Crippen LogP contribution is 2.21. The number of benzene rings is 1. The van der Waals surface area contributed by atoms with Crippen LogP contribution in [0, 0.1) is 17.3 Å². The molecule has 0 aliphatic rings. The molecule has 0 radical (unpaired) electrons. The van der Waals surface area contributed by atoms with E-state index in [0.29, 0.717) is 17.1 Å². The molecule has 0 saturated carbocycles. The highest BCUT2D eigenvalue weighted by Gasteiger charge is 2.06. The highest BCUT2D eigenvalue weighted by molar-refractivity contribution is 5.42. The molecule has 0 aliphatic heterocycles. The molecular formula is C14H11FN2O2. The molecule has 1 heterocycles. The zero-order valence-corrected chi connectivity index (χ0v) is 10.3. The fraction of sp³-hybridized carbons (Fsp3) is 0.143. The Kier molecular flexibility index (Phi) is 3.94. The highest BCUT2D eigenvalue weighted by atomic mass is 19.1. The second-order valence-corrected chi connectivity index (χ2v) is 3.74. The molecule has 0 fully saturated rings. The van der Waals surface area contributed by atoms with Gasteiger partial charge in [0.1, 0.15) is 18.1 Å². The number of halogens is 1. The van der Waals surface area contributed by atoms with Crippen molar-refractivity contribution < 1.29 is 13.9 Å². The maximum atomic E-state index is 12.6. The van der Waals surface area contributed by atoms with E-state index in [1.807, 2.05) is 0 Å². The molecule has 0 spiro atoms. The molecule has 0 unspecified atom stereocenters. The lowest BCUT2D eigenvalue weighted by Crippen LogP contribution is -2.00. The molecule has 0 amide bonds. The molecule has 0 saturated heterocycles. The summed E-state index contributed by atoms with van der Waals surface area (Å²) in [4.78, 5) is 3.49. The first-order chi connectivity index (χ1) is 9.22. The first-order valence-corrected chi connectivity index (χ1v) is 5.54. The van der Waals surface area contributed by atoms with Gasteiger partial charge in [-0.05, 0) is 30.3 Å². The molecular weight excluding hydrogens is 247 g/mol. The summed E-state index contributed by atoms with van der Waals surface area (Å²) < 4.78 is 23.3. The summed E-state index contributed by atoms with van der Waals surface area (Å²) in [6.45, 7) is 0.214. The molecule has 96 valence electrons. The Balaban J connectivity index is 2.14. The average Bonchev–Trinajstić information content (AvgIpc) is 2.46. The van der Waals surface area contributed by atoms with Crippen molar-refractivity contribution in [2.24, 2.45) is 0 Å². The topological polar surface area (TPSA) is 55.1 Å². The lowest BCUT2D eigenvalue weighted by atomic mass is 10.1. The Bertz CT molecular complexity index is 606. The Morgan fingerprint density at radius 2 is 2.16 bits per heavy atom. The van der Waals surface area contributed by atoms with Gasteiger partial charge in [0, 0.05) is 5.56 Å². The third-order valence-electron chi connectivity index (χ3n) is 2.50. The molecule has 0 bridgehead atoms. The fourth-order valence-electron chi connectivity index (χ4n) is 1.57. The molecule has 5 heteroatoms. The number of nitriles is 1. The minimum atomic E-state index is -0.559. The van der Waals surface area contributed by atoms with Crippen LogP contribution in [0.2, 0.25) is 0 Å². The zero-order valence-electron chi connectivity index (χ0n) is 10.3. The number of nitrogens with zero attached hydrogens (tertiary/aromatic N) is 2. The third kappa shape index (κ3) is 3.19. The van der Waals surface area contributed by atoms with Gasteiger partial charge < -0.3 is 9.47 Å². The first kappa shape index (κ1) is 12.8. The van der Waals surface area contributed by atoms with Crippen LogP contribution >= 0.6 is 0 Å². The number of hydrogen-bond donors (Lipinski definition) is 0. The fourth-order valence-corrected chi connectivity index (χ4v) is 1.57. The molecule has 0 aliphatic carbocycles. The molecule has 0 atom stereocenters. The van der Waals surface area contributed by atoms with Crippen LogP contribution in [0.5, 0.6) is 11.5 Å². The van der Waals surface area contributed by atoms with Gasteiger partial charge in [0.2, 0.25) is 5.95 Å². The minimum Gasteiger partial charge on any atom is -0.496 e. The largest absolute Gasteiger partial charge is 0.496 e. The van der Waals surface area contributed by atoms with Crippen molar-refractivity contribution in [3.8, 4) is 17.6 Å². The van der Waals surface area contributed by atoms with Gasteiger partial charge in [0.05, 0.1) is 24.9 Å². The lowest BCUT2D eigenvalue weighted by Gasteiger charge is -2.10. The van der Waals surface area contributed by atoms with Crippen molar-refractivity contribution in [3.05, 3.63) is 53.6 Å². The molecule has 1 aromatic heterocycles. The van der Waals surface area contributed by atoms with E-state index >= 15 is 0 Å². The van der Waals surface area contributed by atoms with E-state index in [9.17, 15) is 4.39 Å². The second kappa shape index (κ2) is 5.83. The zero-order chi connectivity index (χ0) is 13.7. The van der Waals surface area contributed by atoms with Gasteiger partial charge >= 0.3 is 0 Å². The summed E-state index contributed by atoms with van der Waals surface area (Å²) in [5.74, 6) is 0.524. The molecule has 19 heavy (non-hydrogen) atoms. The Hall–Kier alpha value is -2.61. The standard InChI is InChI=1S/C14H11FN2O2/c1-18-13-4-2-10(7-16)6-11(13)9-19-12-3-5-14(15)17-8-12/h2-6,8H,9H2,1H3. The first-order valence-electron chi connectivity index (χ1n) is 5.54. The van der Waals surface area contributed by atoms with Crippen molar-refractivity contribution in [1.29, 1.82) is 5.26 Å². The third-order valence-corrected chi connectivity index (χ3v) is 2.50. The van der Waals surface area contributed by atoms with Crippen LogP contribution < -0.4 is 9.47 Å². The maximum absolute atomic E-state index is 12.6. The van der Waals surface area contributed by atoms with Gasteiger partial charge in [-0.25, -0.2) is 4.98 Å². The van der Waals surface area contributed by atoms with Crippen LogP contribution in [-0.2, 0) is 6.61 Å². The van der Waals surface area contributed by atoms with Crippen molar-refractivity contribution in [1.82, 2.24) is 4.98 Å². The Morgan fingerprint density at radius 1 is 1.32 bits per heavy atom. The van der Waals surface area contributed by atoms with Crippen LogP contribution in [0.4, 0.5) is 4.39 Å². The summed E-state index contributed by atoms with van der Waals surface area (Å²) in [6, 6.07) is 9.83.